The minimum Gasteiger partial charge on any atom is -0.467 e. The van der Waals surface area contributed by atoms with Crippen molar-refractivity contribution >= 4 is 12.1 Å². The molecule has 0 aliphatic rings. The van der Waals surface area contributed by atoms with E-state index in [0.29, 0.717) is 5.69 Å². The molecule has 0 unspecified atom stereocenters. The summed E-state index contributed by atoms with van der Waals surface area (Å²) in [7, 11) is 1.27. The molecule has 104 valence electrons. The highest BCUT2D eigenvalue weighted by atomic mass is 16.6. The number of nitrogens with one attached hydrogen (secondary N) is 1. The fraction of sp³-hybridized carbons (Fsp3) is 0.500. The third-order valence-corrected chi connectivity index (χ3v) is 2.36. The Kier molecular flexibility index (Phi) is 5.72. The van der Waals surface area contributed by atoms with Crippen LogP contribution in [0, 0.1) is 5.92 Å². The van der Waals surface area contributed by atoms with Crippen LogP contribution in [0.4, 0.5) is 4.79 Å². The summed E-state index contributed by atoms with van der Waals surface area (Å²) in [6.07, 6.45) is 3.82. The van der Waals surface area contributed by atoms with Crippen molar-refractivity contribution in [3.8, 4) is 0 Å². The molecule has 1 amide bonds. The maximum atomic E-state index is 11.6. The van der Waals surface area contributed by atoms with Gasteiger partial charge in [-0.25, -0.2) is 9.59 Å². The van der Waals surface area contributed by atoms with Crippen LogP contribution >= 0.6 is 0 Å². The molecule has 7 nitrogen and oxygen atoms in total. The van der Waals surface area contributed by atoms with Crippen LogP contribution in [-0.2, 0) is 20.9 Å². The first-order valence-electron chi connectivity index (χ1n) is 5.80. The van der Waals surface area contributed by atoms with Crippen molar-refractivity contribution < 1.29 is 19.1 Å². The second kappa shape index (κ2) is 7.30. The van der Waals surface area contributed by atoms with E-state index < -0.39 is 18.1 Å². The lowest BCUT2D eigenvalue weighted by atomic mass is 10.1. The number of methoxy groups -OCH3 is 1. The predicted molar refractivity (Wildman–Crippen MR) is 66.0 cm³/mol. The van der Waals surface area contributed by atoms with Crippen LogP contribution in [-0.4, -0.2) is 35.2 Å². The maximum absolute atomic E-state index is 11.6. The van der Waals surface area contributed by atoms with Crippen molar-refractivity contribution in [3.63, 3.8) is 0 Å². The highest BCUT2D eigenvalue weighted by Gasteiger charge is 2.25. The molecule has 0 spiro atoms. The fourth-order valence-corrected chi connectivity index (χ4v) is 1.34. The van der Waals surface area contributed by atoms with Crippen molar-refractivity contribution in [2.24, 2.45) is 5.92 Å². The van der Waals surface area contributed by atoms with Gasteiger partial charge >= 0.3 is 12.1 Å². The van der Waals surface area contributed by atoms with Crippen molar-refractivity contribution in [2.45, 2.75) is 26.5 Å². The normalized spacial score (nSPS) is 11.8. The second-order valence-corrected chi connectivity index (χ2v) is 4.16. The number of amides is 1. The van der Waals surface area contributed by atoms with Crippen LogP contribution < -0.4 is 5.32 Å². The third-order valence-electron chi connectivity index (χ3n) is 2.36. The minimum absolute atomic E-state index is 0.00827. The smallest absolute Gasteiger partial charge is 0.408 e. The SMILES string of the molecule is COC(=O)[C@@H](NC(=O)OCc1cnccn1)C(C)C. The first-order chi connectivity index (χ1) is 9.04. The van der Waals surface area contributed by atoms with Gasteiger partial charge in [-0.2, -0.15) is 0 Å². The van der Waals surface area contributed by atoms with Crippen LogP contribution in [0.25, 0.3) is 0 Å². The molecule has 0 aliphatic heterocycles. The number of aromatic nitrogens is 2. The molecule has 1 aromatic heterocycles. The molecular weight excluding hydrogens is 250 g/mol. The van der Waals surface area contributed by atoms with Crippen LogP contribution in [0.15, 0.2) is 18.6 Å². The third kappa shape index (κ3) is 4.90. The van der Waals surface area contributed by atoms with E-state index in [-0.39, 0.29) is 12.5 Å². The maximum Gasteiger partial charge on any atom is 0.408 e. The molecule has 1 rings (SSSR count). The number of esters is 1. The number of rotatable bonds is 5. The van der Waals surface area contributed by atoms with E-state index >= 15 is 0 Å². The zero-order chi connectivity index (χ0) is 14.3. The standard InChI is InChI=1S/C12H17N3O4/c1-8(2)10(11(16)18-3)15-12(17)19-7-9-6-13-4-5-14-9/h4-6,8,10H,7H2,1-3H3,(H,15,17)/t10-/m0/s1. The molecule has 0 aromatic carbocycles. The molecule has 0 saturated heterocycles. The Balaban J connectivity index is 2.47. The molecule has 0 fully saturated rings. The molecule has 1 N–H and O–H groups in total. The zero-order valence-electron chi connectivity index (χ0n) is 11.1. The first-order valence-corrected chi connectivity index (χ1v) is 5.80. The summed E-state index contributed by atoms with van der Waals surface area (Å²) in [5.41, 5.74) is 0.525. The quantitative estimate of drug-likeness (QED) is 0.797. The molecule has 1 heterocycles. The van der Waals surface area contributed by atoms with Crippen LogP contribution in [0.5, 0.6) is 0 Å². The molecule has 0 radical (unpaired) electrons. The number of carbonyl (C=O) groups is 2. The number of hydrogen-bond acceptors (Lipinski definition) is 6. The highest BCUT2D eigenvalue weighted by Crippen LogP contribution is 2.04. The van der Waals surface area contributed by atoms with E-state index in [0.717, 1.165) is 0 Å². The minimum atomic E-state index is -0.737. The first kappa shape index (κ1) is 14.9. The number of alkyl carbamates (subject to hydrolysis) is 1. The monoisotopic (exact) mass is 267 g/mol. The average molecular weight is 267 g/mol. The highest BCUT2D eigenvalue weighted by molar-refractivity contribution is 5.81. The lowest BCUT2D eigenvalue weighted by Crippen LogP contribution is -2.45. The summed E-state index contributed by atoms with van der Waals surface area (Å²) in [5, 5.41) is 2.45. The Labute approximate surface area is 111 Å². The predicted octanol–water partition coefficient (Wildman–Crippen LogP) is 0.900. The van der Waals surface area contributed by atoms with E-state index in [4.69, 9.17) is 4.74 Å². The molecule has 1 atom stereocenters. The van der Waals surface area contributed by atoms with Crippen molar-refractivity contribution in [1.29, 1.82) is 0 Å². The molecule has 7 heteroatoms. The summed E-state index contributed by atoms with van der Waals surface area (Å²) in [6.45, 7) is 3.58. The van der Waals surface area contributed by atoms with E-state index in [9.17, 15) is 9.59 Å². The van der Waals surface area contributed by atoms with Crippen molar-refractivity contribution in [1.82, 2.24) is 15.3 Å². The van der Waals surface area contributed by atoms with Gasteiger partial charge in [-0.05, 0) is 5.92 Å². The number of ether oxygens (including phenoxy) is 2. The Morgan fingerprint density at radius 2 is 2.11 bits per heavy atom. The summed E-state index contributed by atoms with van der Waals surface area (Å²) in [4.78, 5) is 30.8. The molecule has 0 bridgehead atoms. The number of carbonyl (C=O) groups excluding carboxylic acids is 2. The van der Waals surface area contributed by atoms with E-state index in [1.807, 2.05) is 0 Å². The molecule has 1 aromatic rings. The second-order valence-electron chi connectivity index (χ2n) is 4.16. The van der Waals surface area contributed by atoms with Gasteiger partial charge in [-0.1, -0.05) is 13.8 Å². The molecule has 0 aliphatic carbocycles. The Morgan fingerprint density at radius 1 is 1.37 bits per heavy atom. The van der Waals surface area contributed by atoms with Gasteiger partial charge in [-0.15, -0.1) is 0 Å². The molecular formula is C12H17N3O4. The molecule has 19 heavy (non-hydrogen) atoms. The van der Waals surface area contributed by atoms with Crippen molar-refractivity contribution in [3.05, 3.63) is 24.3 Å². The molecule has 0 saturated carbocycles. The largest absolute Gasteiger partial charge is 0.467 e. The van der Waals surface area contributed by atoms with Gasteiger partial charge in [-0.3, -0.25) is 9.97 Å². The van der Waals surface area contributed by atoms with Crippen molar-refractivity contribution in [2.75, 3.05) is 7.11 Å². The zero-order valence-corrected chi connectivity index (χ0v) is 11.1. The van der Waals surface area contributed by atoms with Gasteiger partial charge in [0.15, 0.2) is 0 Å². The van der Waals surface area contributed by atoms with E-state index in [1.54, 1.807) is 13.8 Å². The topological polar surface area (TPSA) is 90.4 Å². The van der Waals surface area contributed by atoms with Crippen LogP contribution in [0.3, 0.4) is 0 Å². The Morgan fingerprint density at radius 3 is 2.63 bits per heavy atom. The van der Waals surface area contributed by atoms with E-state index in [2.05, 4.69) is 20.0 Å². The van der Waals surface area contributed by atoms with Gasteiger partial charge in [0, 0.05) is 12.4 Å². The van der Waals surface area contributed by atoms with Crippen LogP contribution in [0.1, 0.15) is 19.5 Å². The van der Waals surface area contributed by atoms with Crippen LogP contribution in [0.2, 0.25) is 0 Å². The Bertz CT molecular complexity index is 422. The average Bonchev–Trinajstić information content (AvgIpc) is 2.42. The van der Waals surface area contributed by atoms with Gasteiger partial charge in [0.05, 0.1) is 19.0 Å². The lowest BCUT2D eigenvalue weighted by Gasteiger charge is -2.19. The summed E-state index contributed by atoms with van der Waals surface area (Å²) < 4.78 is 9.55. The summed E-state index contributed by atoms with van der Waals surface area (Å²) >= 11 is 0. The number of nitrogens with zero attached hydrogens (tertiary/aromatic N) is 2. The summed E-state index contributed by atoms with van der Waals surface area (Å²) in [5.74, 6) is -0.608. The van der Waals surface area contributed by atoms with Gasteiger partial charge in [0.25, 0.3) is 0 Å². The fourth-order valence-electron chi connectivity index (χ4n) is 1.34. The van der Waals surface area contributed by atoms with Gasteiger partial charge in [0.1, 0.15) is 12.6 Å². The Hall–Kier alpha value is -2.18. The van der Waals surface area contributed by atoms with E-state index in [1.165, 1.54) is 25.7 Å². The van der Waals surface area contributed by atoms with Gasteiger partial charge in [0.2, 0.25) is 0 Å². The summed E-state index contributed by atoms with van der Waals surface area (Å²) in [6, 6.07) is -0.737. The number of hydrogen-bond donors (Lipinski definition) is 1. The lowest BCUT2D eigenvalue weighted by molar-refractivity contribution is -0.144. The van der Waals surface area contributed by atoms with Gasteiger partial charge < -0.3 is 14.8 Å².